The molecule has 1 fully saturated rings. The molecule has 0 heterocycles. The van der Waals surface area contributed by atoms with Crippen molar-refractivity contribution in [3.63, 3.8) is 0 Å². The average molecular weight is 262 g/mol. The van der Waals surface area contributed by atoms with Crippen molar-refractivity contribution in [2.75, 3.05) is 0 Å². The fourth-order valence-corrected chi connectivity index (χ4v) is 4.80. The number of halogens is 1. The van der Waals surface area contributed by atoms with Gasteiger partial charge in [0.05, 0.1) is 5.54 Å². The van der Waals surface area contributed by atoms with E-state index in [1.807, 2.05) is 0 Å². The summed E-state index contributed by atoms with van der Waals surface area (Å²) in [5.74, 6) is 0. The second kappa shape index (κ2) is 5.93. The van der Waals surface area contributed by atoms with Gasteiger partial charge in [0.25, 0.3) is 0 Å². The van der Waals surface area contributed by atoms with Crippen LogP contribution in [0, 0.1) is 10.8 Å². The number of hydrogen-bond donors (Lipinski definition) is 1. The van der Waals surface area contributed by atoms with Gasteiger partial charge in [0.2, 0.25) is 0 Å². The van der Waals surface area contributed by atoms with Gasteiger partial charge in [0, 0.05) is 12.8 Å². The van der Waals surface area contributed by atoms with E-state index < -0.39 is 0 Å². The van der Waals surface area contributed by atoms with Crippen LogP contribution in [0.3, 0.4) is 0 Å². The van der Waals surface area contributed by atoms with E-state index in [9.17, 15) is 0 Å². The lowest BCUT2D eigenvalue weighted by Gasteiger charge is -2.50. The lowest BCUT2D eigenvalue weighted by Crippen LogP contribution is -3.00. The normalized spacial score (nSPS) is 30.7. The van der Waals surface area contributed by atoms with Gasteiger partial charge >= 0.3 is 0 Å². The first-order valence-corrected chi connectivity index (χ1v) is 7.10. The zero-order chi connectivity index (χ0) is 12.4. The van der Waals surface area contributed by atoms with Crippen LogP contribution in [0.1, 0.15) is 79.6 Å². The van der Waals surface area contributed by atoms with Crippen LogP contribution in [-0.2, 0) is 0 Å². The molecular weight excluding hydrogens is 230 g/mol. The van der Waals surface area contributed by atoms with Crippen molar-refractivity contribution in [3.8, 4) is 0 Å². The van der Waals surface area contributed by atoms with Gasteiger partial charge in [-0.2, -0.15) is 0 Å². The molecule has 2 heteroatoms. The van der Waals surface area contributed by atoms with Crippen molar-refractivity contribution < 1.29 is 18.1 Å². The first-order chi connectivity index (χ1) is 7.24. The highest BCUT2D eigenvalue weighted by Crippen LogP contribution is 2.53. The molecule has 1 aliphatic rings. The predicted molar refractivity (Wildman–Crippen MR) is 71.2 cm³/mol. The van der Waals surface area contributed by atoms with Crippen molar-refractivity contribution >= 4 is 0 Å². The summed E-state index contributed by atoms with van der Waals surface area (Å²) in [4.78, 5) is 0. The molecule has 1 rings (SSSR count). The monoisotopic (exact) mass is 261 g/mol. The highest BCUT2D eigenvalue weighted by molar-refractivity contribution is 4.98. The minimum Gasteiger partial charge on any atom is -1.00 e. The summed E-state index contributed by atoms with van der Waals surface area (Å²) < 4.78 is 0. The van der Waals surface area contributed by atoms with Crippen molar-refractivity contribution in [1.82, 2.24) is 0 Å². The largest absolute Gasteiger partial charge is 1.00 e. The van der Waals surface area contributed by atoms with E-state index in [1.165, 1.54) is 44.9 Å². The van der Waals surface area contributed by atoms with Crippen LogP contribution in [0.2, 0.25) is 0 Å². The topological polar surface area (TPSA) is 27.6 Å². The van der Waals surface area contributed by atoms with Crippen LogP contribution in [0.25, 0.3) is 0 Å². The van der Waals surface area contributed by atoms with E-state index in [4.69, 9.17) is 0 Å². The summed E-state index contributed by atoms with van der Waals surface area (Å²) in [6, 6.07) is 0. The molecular formula is C15H32ClN. The Kier molecular flexibility index (Phi) is 6.01. The summed E-state index contributed by atoms with van der Waals surface area (Å²) in [6.45, 7) is 11.9. The Morgan fingerprint density at radius 3 is 1.71 bits per heavy atom. The molecule has 0 spiro atoms. The maximum atomic E-state index is 4.48. The van der Waals surface area contributed by atoms with E-state index in [0.29, 0.717) is 16.4 Å². The van der Waals surface area contributed by atoms with Crippen LogP contribution in [0.5, 0.6) is 0 Å². The van der Waals surface area contributed by atoms with Gasteiger partial charge in [-0.3, -0.25) is 0 Å². The first-order valence-electron chi connectivity index (χ1n) is 7.10. The minimum atomic E-state index is 0. The van der Waals surface area contributed by atoms with Gasteiger partial charge in [-0.05, 0) is 37.0 Å². The van der Waals surface area contributed by atoms with E-state index in [1.54, 1.807) is 0 Å². The molecule has 1 nitrogen and oxygen atoms in total. The fourth-order valence-electron chi connectivity index (χ4n) is 4.80. The highest BCUT2D eigenvalue weighted by atomic mass is 35.5. The lowest BCUT2D eigenvalue weighted by atomic mass is 9.55. The maximum Gasteiger partial charge on any atom is 0.0927 e. The van der Waals surface area contributed by atoms with E-state index in [-0.39, 0.29) is 12.4 Å². The third-order valence-electron chi connectivity index (χ3n) is 4.12. The summed E-state index contributed by atoms with van der Waals surface area (Å²) in [5.41, 5.74) is 5.85. The van der Waals surface area contributed by atoms with E-state index >= 15 is 0 Å². The Labute approximate surface area is 114 Å². The Morgan fingerprint density at radius 2 is 1.35 bits per heavy atom. The highest BCUT2D eigenvalue weighted by Gasteiger charge is 2.48. The zero-order valence-electron chi connectivity index (χ0n) is 12.5. The molecule has 1 unspecified atom stereocenters. The van der Waals surface area contributed by atoms with Gasteiger partial charge in [-0.15, -0.1) is 0 Å². The number of hydrogen-bond acceptors (Lipinski definition) is 0. The van der Waals surface area contributed by atoms with Crippen LogP contribution in [0.15, 0.2) is 0 Å². The van der Waals surface area contributed by atoms with Crippen LogP contribution in [0.4, 0.5) is 0 Å². The molecule has 0 bridgehead atoms. The fraction of sp³-hybridized carbons (Fsp3) is 1.00. The molecule has 0 amide bonds. The van der Waals surface area contributed by atoms with Crippen molar-refractivity contribution in [2.24, 2.45) is 10.8 Å². The summed E-state index contributed by atoms with van der Waals surface area (Å²) in [5, 5.41) is 0. The molecule has 0 aromatic rings. The molecule has 17 heavy (non-hydrogen) atoms. The molecule has 1 saturated carbocycles. The zero-order valence-corrected chi connectivity index (χ0v) is 13.3. The molecule has 104 valence electrons. The van der Waals surface area contributed by atoms with Gasteiger partial charge in [0.1, 0.15) is 0 Å². The summed E-state index contributed by atoms with van der Waals surface area (Å²) in [7, 11) is 0. The summed E-state index contributed by atoms with van der Waals surface area (Å²) >= 11 is 0. The molecule has 0 radical (unpaired) electrons. The van der Waals surface area contributed by atoms with E-state index in [0.717, 1.165) is 0 Å². The van der Waals surface area contributed by atoms with Crippen molar-refractivity contribution in [1.29, 1.82) is 0 Å². The Hall–Kier alpha value is 0.250. The lowest BCUT2D eigenvalue weighted by molar-refractivity contribution is -0.490. The standard InChI is InChI=1S/C15H31N.ClH/c1-6-8-15(9-7-2)11-13(3,4)10-14(5,16)12-15;/h6-12,16H2,1-5H3;1H. The molecule has 0 aromatic heterocycles. The summed E-state index contributed by atoms with van der Waals surface area (Å²) in [6.07, 6.45) is 9.48. The predicted octanol–water partition coefficient (Wildman–Crippen LogP) is 0.788. The van der Waals surface area contributed by atoms with Gasteiger partial charge in [-0.25, -0.2) is 0 Å². The maximum absolute atomic E-state index is 4.48. The SMILES string of the molecule is CCCC1(CCC)CC(C)(C)CC(C)([NH3+])C1.[Cl-]. The molecule has 3 N–H and O–H groups in total. The van der Waals surface area contributed by atoms with Gasteiger partial charge in [0.15, 0.2) is 0 Å². The molecule has 0 aliphatic heterocycles. The van der Waals surface area contributed by atoms with Crippen LogP contribution >= 0.6 is 0 Å². The second-order valence-electron chi connectivity index (χ2n) is 7.51. The molecule has 1 aliphatic carbocycles. The van der Waals surface area contributed by atoms with Crippen LogP contribution < -0.4 is 18.1 Å². The third kappa shape index (κ3) is 4.79. The number of rotatable bonds is 4. The Morgan fingerprint density at radius 1 is 0.882 bits per heavy atom. The van der Waals surface area contributed by atoms with Crippen molar-refractivity contribution in [2.45, 2.75) is 85.1 Å². The second-order valence-corrected chi connectivity index (χ2v) is 7.51. The first kappa shape index (κ1) is 17.2. The average Bonchev–Trinajstić information content (AvgIpc) is 1.97. The van der Waals surface area contributed by atoms with Gasteiger partial charge < -0.3 is 18.1 Å². The third-order valence-corrected chi connectivity index (χ3v) is 4.12. The number of quaternary nitrogens is 1. The van der Waals surface area contributed by atoms with Crippen molar-refractivity contribution in [3.05, 3.63) is 0 Å². The Balaban J connectivity index is 0.00000256. The molecule has 0 aromatic carbocycles. The minimum absolute atomic E-state index is 0. The quantitative estimate of drug-likeness (QED) is 0.775. The van der Waals surface area contributed by atoms with Gasteiger partial charge in [-0.1, -0.05) is 40.5 Å². The molecule has 1 atom stereocenters. The Bertz CT molecular complexity index is 209. The molecule has 0 saturated heterocycles. The van der Waals surface area contributed by atoms with Crippen LogP contribution in [-0.4, -0.2) is 5.54 Å². The smallest absolute Gasteiger partial charge is 0.0927 e. The van der Waals surface area contributed by atoms with E-state index in [2.05, 4.69) is 40.4 Å².